The Labute approximate surface area is 118 Å². The number of H-pyrrole nitrogens is 1. The summed E-state index contributed by atoms with van der Waals surface area (Å²) < 4.78 is 6.00. The van der Waals surface area contributed by atoms with E-state index in [1.54, 1.807) is 0 Å². The predicted octanol–water partition coefficient (Wildman–Crippen LogP) is 4.32. The van der Waals surface area contributed by atoms with Gasteiger partial charge in [0.25, 0.3) is 0 Å². The van der Waals surface area contributed by atoms with Gasteiger partial charge in [0.1, 0.15) is 11.6 Å². The Balaban J connectivity index is 1.86. The molecular weight excluding hydrogens is 248 g/mol. The Kier molecular flexibility index (Phi) is 3.18. The molecule has 0 fully saturated rings. The number of hydrogen-bond acceptors (Lipinski definition) is 2. The maximum atomic E-state index is 6.00. The summed E-state index contributed by atoms with van der Waals surface area (Å²) in [5.41, 5.74) is 4.42. The summed E-state index contributed by atoms with van der Waals surface area (Å²) in [6.45, 7) is 6.16. The number of ether oxygens (including phenoxy) is 1. The SMILES string of the molecule is Cc1cc(C)cc(O[C@H](C)c2nc3ccccc3[nH]2)c1. The van der Waals surface area contributed by atoms with E-state index in [2.05, 4.69) is 29.9 Å². The Morgan fingerprint density at radius 3 is 2.45 bits per heavy atom. The molecule has 1 N–H and O–H groups in total. The number of rotatable bonds is 3. The zero-order valence-corrected chi connectivity index (χ0v) is 12.0. The normalized spacial score (nSPS) is 12.6. The van der Waals surface area contributed by atoms with Gasteiger partial charge < -0.3 is 9.72 Å². The summed E-state index contributed by atoms with van der Waals surface area (Å²) >= 11 is 0. The van der Waals surface area contributed by atoms with Crippen molar-refractivity contribution in [3.8, 4) is 5.75 Å². The van der Waals surface area contributed by atoms with Crippen molar-refractivity contribution in [2.75, 3.05) is 0 Å². The van der Waals surface area contributed by atoms with Crippen molar-refractivity contribution in [1.29, 1.82) is 0 Å². The molecule has 0 saturated carbocycles. The third-order valence-electron chi connectivity index (χ3n) is 3.30. The molecule has 102 valence electrons. The maximum absolute atomic E-state index is 6.00. The lowest BCUT2D eigenvalue weighted by molar-refractivity contribution is 0.218. The highest BCUT2D eigenvalue weighted by Gasteiger charge is 2.12. The van der Waals surface area contributed by atoms with Crippen LogP contribution in [0.5, 0.6) is 5.75 Å². The number of para-hydroxylation sites is 2. The van der Waals surface area contributed by atoms with Crippen LogP contribution in [0.1, 0.15) is 30.0 Å². The van der Waals surface area contributed by atoms with Gasteiger partial charge in [-0.2, -0.15) is 0 Å². The van der Waals surface area contributed by atoms with E-state index in [0.29, 0.717) is 0 Å². The van der Waals surface area contributed by atoms with Gasteiger partial charge in [-0.15, -0.1) is 0 Å². The van der Waals surface area contributed by atoms with E-state index in [4.69, 9.17) is 4.74 Å². The minimum atomic E-state index is -0.108. The van der Waals surface area contributed by atoms with Gasteiger partial charge in [-0.3, -0.25) is 0 Å². The molecular formula is C17H18N2O. The lowest BCUT2D eigenvalue weighted by Gasteiger charge is -2.13. The maximum Gasteiger partial charge on any atom is 0.153 e. The fourth-order valence-corrected chi connectivity index (χ4v) is 2.43. The van der Waals surface area contributed by atoms with Gasteiger partial charge in [0.05, 0.1) is 11.0 Å². The number of nitrogens with one attached hydrogen (secondary N) is 1. The van der Waals surface area contributed by atoms with Crippen LogP contribution in [0.4, 0.5) is 0 Å². The molecule has 0 amide bonds. The zero-order valence-electron chi connectivity index (χ0n) is 12.0. The monoisotopic (exact) mass is 266 g/mol. The quantitative estimate of drug-likeness (QED) is 0.766. The number of hydrogen-bond donors (Lipinski definition) is 1. The van der Waals surface area contributed by atoms with Gasteiger partial charge in [0.2, 0.25) is 0 Å². The molecule has 3 nitrogen and oxygen atoms in total. The fraction of sp³-hybridized carbons (Fsp3) is 0.235. The summed E-state index contributed by atoms with van der Waals surface area (Å²) in [6, 6.07) is 14.2. The second kappa shape index (κ2) is 5.00. The van der Waals surface area contributed by atoms with E-state index in [1.165, 1.54) is 11.1 Å². The van der Waals surface area contributed by atoms with E-state index in [9.17, 15) is 0 Å². The number of benzene rings is 2. The average Bonchev–Trinajstić information content (AvgIpc) is 2.81. The van der Waals surface area contributed by atoms with Gasteiger partial charge >= 0.3 is 0 Å². The molecule has 2 aromatic carbocycles. The number of imidazole rings is 1. The molecule has 1 heterocycles. The topological polar surface area (TPSA) is 37.9 Å². The second-order valence-corrected chi connectivity index (χ2v) is 5.22. The van der Waals surface area contributed by atoms with E-state index in [0.717, 1.165) is 22.6 Å². The highest BCUT2D eigenvalue weighted by Crippen LogP contribution is 2.24. The minimum absolute atomic E-state index is 0.108. The lowest BCUT2D eigenvalue weighted by Crippen LogP contribution is -2.05. The molecule has 3 aromatic rings. The summed E-state index contributed by atoms with van der Waals surface area (Å²) in [5, 5.41) is 0. The zero-order chi connectivity index (χ0) is 14.1. The molecule has 0 aliphatic rings. The Morgan fingerprint density at radius 1 is 1.05 bits per heavy atom. The molecule has 0 aliphatic carbocycles. The summed E-state index contributed by atoms with van der Waals surface area (Å²) in [5.74, 6) is 1.74. The van der Waals surface area contributed by atoms with Gasteiger partial charge in [-0.05, 0) is 56.2 Å². The van der Waals surface area contributed by atoms with Crippen molar-refractivity contribution in [3.05, 3.63) is 59.4 Å². The van der Waals surface area contributed by atoms with Crippen molar-refractivity contribution in [2.45, 2.75) is 26.9 Å². The Morgan fingerprint density at radius 2 is 1.75 bits per heavy atom. The third kappa shape index (κ3) is 2.52. The first-order valence-electron chi connectivity index (χ1n) is 6.81. The fourth-order valence-electron chi connectivity index (χ4n) is 2.43. The van der Waals surface area contributed by atoms with Crippen LogP contribution < -0.4 is 4.74 Å². The van der Waals surface area contributed by atoms with Crippen molar-refractivity contribution in [3.63, 3.8) is 0 Å². The van der Waals surface area contributed by atoms with Crippen LogP contribution in [0.15, 0.2) is 42.5 Å². The van der Waals surface area contributed by atoms with E-state index < -0.39 is 0 Å². The summed E-state index contributed by atoms with van der Waals surface area (Å²) in [4.78, 5) is 7.88. The van der Waals surface area contributed by atoms with Crippen LogP contribution in [0, 0.1) is 13.8 Å². The van der Waals surface area contributed by atoms with Crippen LogP contribution in [0.25, 0.3) is 11.0 Å². The van der Waals surface area contributed by atoms with Crippen LogP contribution >= 0.6 is 0 Å². The van der Waals surface area contributed by atoms with Crippen LogP contribution in [0.2, 0.25) is 0 Å². The molecule has 0 aliphatic heterocycles. The highest BCUT2D eigenvalue weighted by molar-refractivity contribution is 5.74. The number of aromatic nitrogens is 2. The third-order valence-corrected chi connectivity index (χ3v) is 3.30. The molecule has 0 saturated heterocycles. The number of aromatic amines is 1. The second-order valence-electron chi connectivity index (χ2n) is 5.22. The first kappa shape index (κ1) is 12.7. The number of nitrogens with zero attached hydrogens (tertiary/aromatic N) is 1. The first-order chi connectivity index (χ1) is 9.61. The van der Waals surface area contributed by atoms with Crippen molar-refractivity contribution < 1.29 is 4.74 Å². The minimum Gasteiger partial charge on any atom is -0.483 e. The number of fused-ring (bicyclic) bond motifs is 1. The number of aryl methyl sites for hydroxylation is 2. The molecule has 0 unspecified atom stereocenters. The molecule has 0 bridgehead atoms. The van der Waals surface area contributed by atoms with Crippen molar-refractivity contribution >= 4 is 11.0 Å². The van der Waals surface area contributed by atoms with Crippen LogP contribution in [0.3, 0.4) is 0 Å². The molecule has 0 spiro atoms. The van der Waals surface area contributed by atoms with E-state index in [-0.39, 0.29) is 6.10 Å². The molecule has 1 atom stereocenters. The standard InChI is InChI=1S/C17H18N2O/c1-11-8-12(2)10-14(9-11)20-13(3)17-18-15-6-4-5-7-16(15)19-17/h4-10,13H,1-3H3,(H,18,19)/t13-/m1/s1. The highest BCUT2D eigenvalue weighted by atomic mass is 16.5. The van der Waals surface area contributed by atoms with Gasteiger partial charge in [-0.1, -0.05) is 18.2 Å². The largest absolute Gasteiger partial charge is 0.483 e. The molecule has 3 heteroatoms. The Hall–Kier alpha value is -2.29. The predicted molar refractivity (Wildman–Crippen MR) is 81.1 cm³/mol. The smallest absolute Gasteiger partial charge is 0.153 e. The van der Waals surface area contributed by atoms with E-state index >= 15 is 0 Å². The molecule has 3 rings (SSSR count). The average molecular weight is 266 g/mol. The molecule has 1 aromatic heterocycles. The first-order valence-corrected chi connectivity index (χ1v) is 6.81. The summed E-state index contributed by atoms with van der Waals surface area (Å²) in [6.07, 6.45) is -0.108. The van der Waals surface area contributed by atoms with Crippen LogP contribution in [-0.2, 0) is 0 Å². The Bertz CT molecular complexity index is 692. The van der Waals surface area contributed by atoms with E-state index in [1.807, 2.05) is 43.3 Å². The lowest BCUT2D eigenvalue weighted by atomic mass is 10.1. The summed E-state index contributed by atoms with van der Waals surface area (Å²) in [7, 11) is 0. The van der Waals surface area contributed by atoms with Gasteiger partial charge in [-0.25, -0.2) is 4.98 Å². The molecule has 20 heavy (non-hydrogen) atoms. The van der Waals surface area contributed by atoms with Crippen molar-refractivity contribution in [2.24, 2.45) is 0 Å². The van der Waals surface area contributed by atoms with Crippen LogP contribution in [-0.4, -0.2) is 9.97 Å². The van der Waals surface area contributed by atoms with Crippen molar-refractivity contribution in [1.82, 2.24) is 9.97 Å². The molecule has 0 radical (unpaired) electrons. The van der Waals surface area contributed by atoms with Gasteiger partial charge in [0.15, 0.2) is 6.10 Å². The van der Waals surface area contributed by atoms with Gasteiger partial charge in [0, 0.05) is 0 Å².